The zero-order chi connectivity index (χ0) is 23.8. The molecular weight excluding hydrogens is 473 g/mol. The van der Waals surface area contributed by atoms with E-state index in [9.17, 15) is 22.8 Å². The Morgan fingerprint density at radius 1 is 1.06 bits per heavy atom. The summed E-state index contributed by atoms with van der Waals surface area (Å²) in [5.74, 6) is -1.38. The van der Waals surface area contributed by atoms with Crippen LogP contribution in [-0.2, 0) is 15.8 Å². The highest BCUT2D eigenvalue weighted by Crippen LogP contribution is 2.33. The van der Waals surface area contributed by atoms with Gasteiger partial charge in [0.2, 0.25) is 0 Å². The Hall–Kier alpha value is -3.37. The van der Waals surface area contributed by atoms with Crippen LogP contribution < -0.4 is 10.2 Å². The van der Waals surface area contributed by atoms with Crippen molar-refractivity contribution in [2.45, 2.75) is 23.1 Å². The van der Waals surface area contributed by atoms with Crippen LogP contribution >= 0.6 is 24.0 Å². The monoisotopic (exact) mass is 488 g/mol. The van der Waals surface area contributed by atoms with Crippen molar-refractivity contribution < 1.29 is 27.2 Å². The summed E-state index contributed by atoms with van der Waals surface area (Å²) in [6, 6.07) is 15.2. The smallest absolute Gasteiger partial charge is 0.416 e. The van der Waals surface area contributed by atoms with E-state index in [1.54, 1.807) is 12.1 Å². The summed E-state index contributed by atoms with van der Waals surface area (Å²) < 4.78 is 45.0. The maximum absolute atomic E-state index is 13.1. The fourth-order valence-corrected chi connectivity index (χ4v) is 4.10. The predicted octanol–water partition coefficient (Wildman–Crippen LogP) is 5.59. The normalized spacial score (nSPS) is 15.8. The number of thiocarbonyl (C=S) groups is 1. The second kappa shape index (κ2) is 8.87. The number of nitrogens with one attached hydrogen (secondary N) is 1. The summed E-state index contributed by atoms with van der Waals surface area (Å²) in [7, 11) is 0. The predicted molar refractivity (Wildman–Crippen MR) is 122 cm³/mol. The van der Waals surface area contributed by atoms with Gasteiger partial charge in [0.15, 0.2) is 10.2 Å². The summed E-state index contributed by atoms with van der Waals surface area (Å²) >= 11 is 6.40. The van der Waals surface area contributed by atoms with Gasteiger partial charge in [0.05, 0.1) is 11.3 Å². The van der Waals surface area contributed by atoms with Gasteiger partial charge in [-0.2, -0.15) is 13.2 Å². The van der Waals surface area contributed by atoms with E-state index < -0.39 is 23.6 Å². The molecule has 1 aromatic heterocycles. The Morgan fingerprint density at radius 2 is 1.79 bits per heavy atom. The van der Waals surface area contributed by atoms with Gasteiger partial charge in [-0.3, -0.25) is 19.8 Å². The molecule has 2 heterocycles. The Kier molecular flexibility index (Phi) is 6.13. The minimum absolute atomic E-state index is 0.110. The number of hydrogen-bond donors (Lipinski definition) is 1. The molecule has 0 unspecified atom stereocenters. The number of anilines is 1. The van der Waals surface area contributed by atoms with Gasteiger partial charge in [0.25, 0.3) is 11.8 Å². The third-order valence-corrected chi connectivity index (χ3v) is 5.87. The molecule has 0 atom stereocenters. The van der Waals surface area contributed by atoms with Crippen molar-refractivity contribution in [3.63, 3.8) is 0 Å². The molecule has 0 bridgehead atoms. The number of amides is 2. The maximum atomic E-state index is 13.1. The van der Waals surface area contributed by atoms with Crippen molar-refractivity contribution in [3.05, 3.63) is 83.1 Å². The van der Waals surface area contributed by atoms with Crippen LogP contribution in [0.4, 0.5) is 18.9 Å². The number of carbonyl (C=O) groups excluding carboxylic acids is 2. The second-order valence-corrected chi connectivity index (χ2v) is 8.54. The zero-order valence-corrected chi connectivity index (χ0v) is 18.6. The third-order valence-electron chi connectivity index (χ3n) is 4.66. The second-order valence-electron chi connectivity index (χ2n) is 7.08. The van der Waals surface area contributed by atoms with Crippen LogP contribution in [-0.4, -0.2) is 16.9 Å². The number of carbonyl (C=O) groups is 2. The van der Waals surface area contributed by atoms with Crippen LogP contribution in [0.5, 0.6) is 0 Å². The molecule has 0 radical (unpaired) electrons. The molecule has 10 heteroatoms. The molecule has 5 nitrogen and oxygen atoms in total. The molecule has 2 aromatic carbocycles. The molecule has 1 aliphatic rings. The summed E-state index contributed by atoms with van der Waals surface area (Å²) in [6.45, 7) is 1.98. The molecule has 168 valence electrons. The first-order valence-electron chi connectivity index (χ1n) is 9.55. The molecule has 1 aliphatic heterocycles. The lowest BCUT2D eigenvalue weighted by molar-refractivity contribution is -0.137. The van der Waals surface area contributed by atoms with Crippen LogP contribution in [0.2, 0.25) is 0 Å². The van der Waals surface area contributed by atoms with Crippen LogP contribution in [0.3, 0.4) is 0 Å². The molecule has 1 N–H and O–H groups in total. The molecule has 0 spiro atoms. The summed E-state index contributed by atoms with van der Waals surface area (Å²) in [5.41, 5.74) is -0.251. The highest BCUT2D eigenvalue weighted by Gasteiger charge is 2.36. The lowest BCUT2D eigenvalue weighted by Gasteiger charge is -2.29. The molecule has 4 rings (SSSR count). The first-order chi connectivity index (χ1) is 15.6. The topological polar surface area (TPSA) is 62.6 Å². The van der Waals surface area contributed by atoms with E-state index in [1.165, 1.54) is 23.9 Å². The number of rotatable bonds is 4. The largest absolute Gasteiger partial charge is 0.450 e. The fraction of sp³-hybridized carbons (Fsp3) is 0.0870. The molecule has 1 fully saturated rings. The van der Waals surface area contributed by atoms with Crippen LogP contribution in [0, 0.1) is 6.92 Å². The van der Waals surface area contributed by atoms with Gasteiger partial charge < -0.3 is 4.42 Å². The Bertz CT molecular complexity index is 1280. The van der Waals surface area contributed by atoms with Gasteiger partial charge in [-0.25, -0.2) is 0 Å². The molecule has 1 saturated heterocycles. The first kappa shape index (κ1) is 22.8. The minimum atomic E-state index is -4.60. The van der Waals surface area contributed by atoms with E-state index in [1.807, 2.05) is 31.2 Å². The third kappa shape index (κ3) is 5.01. The first-order valence-corrected chi connectivity index (χ1v) is 10.8. The molecule has 3 aromatic rings. The van der Waals surface area contributed by atoms with Gasteiger partial charge in [-0.15, -0.1) is 0 Å². The number of furan rings is 1. The average Bonchev–Trinajstić information content (AvgIpc) is 3.19. The Morgan fingerprint density at radius 3 is 2.48 bits per heavy atom. The molecule has 0 aliphatic carbocycles. The standard InChI is InChI=1S/C23H15F3N2O3S2/c1-13-5-8-17(9-6-13)33-19-10-7-16(31-19)12-18-20(29)27-22(32)28(21(18)30)15-4-2-3-14(11-15)23(24,25)26/h2-12H,1H3,(H,27,29,32)/b18-12+. The van der Waals surface area contributed by atoms with Gasteiger partial charge >= 0.3 is 6.18 Å². The number of nitrogens with zero attached hydrogens (tertiary/aromatic N) is 1. The van der Waals surface area contributed by atoms with Crippen molar-refractivity contribution in [2.24, 2.45) is 0 Å². The lowest BCUT2D eigenvalue weighted by atomic mass is 10.1. The Labute approximate surface area is 196 Å². The van der Waals surface area contributed by atoms with Crippen molar-refractivity contribution in [2.75, 3.05) is 4.90 Å². The molecule has 0 saturated carbocycles. The quantitative estimate of drug-likeness (QED) is 0.295. The average molecular weight is 489 g/mol. The van der Waals surface area contributed by atoms with E-state index >= 15 is 0 Å². The Balaban J connectivity index is 1.61. The van der Waals surface area contributed by atoms with Crippen LogP contribution in [0.1, 0.15) is 16.9 Å². The van der Waals surface area contributed by atoms with E-state index in [0.717, 1.165) is 33.6 Å². The van der Waals surface area contributed by atoms with E-state index in [0.29, 0.717) is 5.09 Å². The number of hydrogen-bond acceptors (Lipinski definition) is 5. The van der Waals surface area contributed by atoms with E-state index in [4.69, 9.17) is 16.6 Å². The fourth-order valence-electron chi connectivity index (χ4n) is 3.04. The SMILES string of the molecule is Cc1ccc(Sc2ccc(/C=C3\C(=O)NC(=S)N(c4cccc(C(F)(F)F)c4)C3=O)o2)cc1. The highest BCUT2D eigenvalue weighted by molar-refractivity contribution is 7.99. The molecular formula is C23H15F3N2O3S2. The molecule has 33 heavy (non-hydrogen) atoms. The maximum Gasteiger partial charge on any atom is 0.416 e. The number of alkyl halides is 3. The number of halogens is 3. The van der Waals surface area contributed by atoms with E-state index in [2.05, 4.69) is 5.32 Å². The zero-order valence-electron chi connectivity index (χ0n) is 17.0. The van der Waals surface area contributed by atoms with Crippen molar-refractivity contribution in [3.8, 4) is 0 Å². The van der Waals surface area contributed by atoms with Crippen LogP contribution in [0.15, 0.2) is 80.6 Å². The van der Waals surface area contributed by atoms with Crippen LogP contribution in [0.25, 0.3) is 6.08 Å². The summed E-state index contributed by atoms with van der Waals surface area (Å²) in [6.07, 6.45) is -3.36. The van der Waals surface area contributed by atoms with Gasteiger partial charge in [-0.1, -0.05) is 35.5 Å². The van der Waals surface area contributed by atoms with Gasteiger partial charge in [0, 0.05) is 4.90 Å². The summed E-state index contributed by atoms with van der Waals surface area (Å²) in [5, 5.41) is 2.57. The van der Waals surface area contributed by atoms with Gasteiger partial charge in [-0.05, 0) is 67.7 Å². The van der Waals surface area contributed by atoms with Crippen molar-refractivity contribution in [1.82, 2.24) is 5.32 Å². The van der Waals surface area contributed by atoms with Gasteiger partial charge in [0.1, 0.15) is 11.3 Å². The number of aryl methyl sites for hydroxylation is 1. The van der Waals surface area contributed by atoms with E-state index in [-0.39, 0.29) is 22.1 Å². The molecule has 2 amide bonds. The van der Waals surface area contributed by atoms with Crippen molar-refractivity contribution in [1.29, 1.82) is 0 Å². The number of benzene rings is 2. The highest BCUT2D eigenvalue weighted by atomic mass is 32.2. The lowest BCUT2D eigenvalue weighted by Crippen LogP contribution is -2.54. The summed E-state index contributed by atoms with van der Waals surface area (Å²) in [4.78, 5) is 27.2. The minimum Gasteiger partial charge on any atom is -0.450 e. The van der Waals surface area contributed by atoms with Crippen molar-refractivity contribution >= 4 is 52.7 Å².